The average Bonchev–Trinajstić information content (AvgIpc) is 3.49. The van der Waals surface area contributed by atoms with Gasteiger partial charge in [-0.3, -0.25) is 4.68 Å². The quantitative estimate of drug-likeness (QED) is 0.420. The van der Waals surface area contributed by atoms with Crippen molar-refractivity contribution >= 4 is 33.7 Å². The highest BCUT2D eigenvalue weighted by Crippen LogP contribution is 2.38. The number of fused-ring (bicyclic) bond motifs is 2. The first-order valence-electron chi connectivity index (χ1n) is 11.4. The van der Waals surface area contributed by atoms with Gasteiger partial charge in [-0.05, 0) is 37.6 Å². The number of amides is 1. The van der Waals surface area contributed by atoms with Crippen LogP contribution in [0.1, 0.15) is 12.0 Å². The van der Waals surface area contributed by atoms with Crippen molar-refractivity contribution in [3.8, 4) is 17.0 Å². The van der Waals surface area contributed by atoms with Gasteiger partial charge in [0.2, 0.25) is 0 Å². The fourth-order valence-electron chi connectivity index (χ4n) is 4.70. The lowest BCUT2D eigenvalue weighted by Crippen LogP contribution is -2.38. The van der Waals surface area contributed by atoms with Gasteiger partial charge >= 0.3 is 6.09 Å². The molecule has 0 saturated carbocycles. The fraction of sp³-hybridized carbons (Fsp3) is 0.360. The summed E-state index contributed by atoms with van der Waals surface area (Å²) in [4.78, 5) is 24.3. The van der Waals surface area contributed by atoms with Crippen LogP contribution in [0.2, 0.25) is 0 Å². The third-order valence-electron chi connectivity index (χ3n) is 6.60. The Balaban J connectivity index is 1.49. The monoisotopic (exact) mass is 476 g/mol. The van der Waals surface area contributed by atoms with Crippen LogP contribution in [0.4, 0.5) is 10.5 Å². The number of benzene rings is 1. The van der Waals surface area contributed by atoms with Crippen LogP contribution in [0.3, 0.4) is 0 Å². The van der Waals surface area contributed by atoms with Crippen molar-refractivity contribution in [2.24, 2.45) is 7.05 Å². The summed E-state index contributed by atoms with van der Waals surface area (Å²) in [6.07, 6.45) is 3.67. The van der Waals surface area contributed by atoms with Crippen molar-refractivity contribution in [2.75, 3.05) is 38.9 Å². The van der Waals surface area contributed by atoms with Gasteiger partial charge in [-0.25, -0.2) is 14.8 Å². The fourth-order valence-corrected chi connectivity index (χ4v) is 4.70. The van der Waals surface area contributed by atoms with E-state index in [2.05, 4.69) is 21.0 Å². The van der Waals surface area contributed by atoms with E-state index >= 15 is 0 Å². The van der Waals surface area contributed by atoms with Crippen molar-refractivity contribution in [2.45, 2.75) is 19.4 Å². The van der Waals surface area contributed by atoms with Crippen molar-refractivity contribution in [3.63, 3.8) is 0 Å². The first-order valence-corrected chi connectivity index (χ1v) is 11.4. The molecule has 4 heterocycles. The molecule has 1 N–H and O–H groups in total. The zero-order valence-electron chi connectivity index (χ0n) is 20.2. The van der Waals surface area contributed by atoms with Gasteiger partial charge in [-0.2, -0.15) is 5.10 Å². The molecule has 182 valence electrons. The Labute approximate surface area is 202 Å². The van der Waals surface area contributed by atoms with Crippen LogP contribution in [-0.2, 0) is 11.8 Å². The Morgan fingerprint density at radius 2 is 2.11 bits per heavy atom. The van der Waals surface area contributed by atoms with E-state index in [0.717, 1.165) is 51.8 Å². The summed E-state index contributed by atoms with van der Waals surface area (Å²) in [5, 5.41) is 15.8. The molecule has 3 aromatic heterocycles. The van der Waals surface area contributed by atoms with Crippen LogP contribution in [0.25, 0.3) is 33.2 Å². The number of pyridine rings is 2. The maximum atomic E-state index is 11.3. The van der Waals surface area contributed by atoms with E-state index in [9.17, 15) is 9.90 Å². The molecule has 1 aromatic carbocycles. The van der Waals surface area contributed by atoms with Gasteiger partial charge in [0.05, 0.1) is 29.1 Å². The molecule has 0 bridgehead atoms. The van der Waals surface area contributed by atoms with Crippen LogP contribution in [0.5, 0.6) is 5.75 Å². The molecular formula is C25H28N6O4. The van der Waals surface area contributed by atoms with Crippen LogP contribution >= 0.6 is 0 Å². The Morgan fingerprint density at radius 1 is 1.29 bits per heavy atom. The number of aryl methyl sites for hydroxylation is 2. The molecular weight excluding hydrogens is 448 g/mol. The molecule has 10 nitrogen and oxygen atoms in total. The predicted octanol–water partition coefficient (Wildman–Crippen LogP) is 3.66. The number of likely N-dealkylation sites (N-methyl/N-ethyl adjacent to an activating group) is 1. The molecule has 10 heteroatoms. The largest absolute Gasteiger partial charge is 0.466 e. The SMILES string of the molecule is COCOc1c(-c2ccc3cc(N4CC[C@@H](N(C)C(=O)O)C4)cnc3n2)cc2cn(C)nc2c1C. The van der Waals surface area contributed by atoms with Gasteiger partial charge in [-0.1, -0.05) is 0 Å². The van der Waals surface area contributed by atoms with E-state index in [1.54, 1.807) is 25.0 Å². The highest BCUT2D eigenvalue weighted by atomic mass is 16.7. The molecule has 4 aromatic rings. The molecule has 0 unspecified atom stereocenters. The number of methoxy groups -OCH3 is 1. The number of hydrogen-bond acceptors (Lipinski definition) is 7. The molecule has 1 saturated heterocycles. The molecule has 0 radical (unpaired) electrons. The van der Waals surface area contributed by atoms with E-state index in [0.29, 0.717) is 17.9 Å². The second kappa shape index (κ2) is 9.03. The molecule has 1 aliphatic heterocycles. The van der Waals surface area contributed by atoms with E-state index in [-0.39, 0.29) is 12.8 Å². The summed E-state index contributed by atoms with van der Waals surface area (Å²) in [6.45, 7) is 3.54. The third-order valence-corrected chi connectivity index (χ3v) is 6.60. The predicted molar refractivity (Wildman–Crippen MR) is 133 cm³/mol. The normalized spacial score (nSPS) is 15.8. The summed E-state index contributed by atoms with van der Waals surface area (Å²) >= 11 is 0. The summed E-state index contributed by atoms with van der Waals surface area (Å²) in [5.41, 5.74) is 5.00. The van der Waals surface area contributed by atoms with Crippen LogP contribution < -0.4 is 9.64 Å². The molecule has 1 amide bonds. The minimum Gasteiger partial charge on any atom is -0.466 e. The number of aromatic nitrogens is 4. The summed E-state index contributed by atoms with van der Waals surface area (Å²) in [6, 6.07) is 8.04. The van der Waals surface area contributed by atoms with E-state index in [1.165, 1.54) is 4.90 Å². The van der Waals surface area contributed by atoms with Gasteiger partial charge < -0.3 is 24.4 Å². The Hall–Kier alpha value is -3.92. The second-order valence-corrected chi connectivity index (χ2v) is 8.89. The van der Waals surface area contributed by atoms with Gasteiger partial charge in [-0.15, -0.1) is 0 Å². The molecule has 5 rings (SSSR count). The number of rotatable bonds is 6. The highest BCUT2D eigenvalue weighted by molar-refractivity contribution is 5.92. The highest BCUT2D eigenvalue weighted by Gasteiger charge is 2.28. The first-order chi connectivity index (χ1) is 16.9. The third kappa shape index (κ3) is 4.21. The number of anilines is 1. The average molecular weight is 477 g/mol. The van der Waals surface area contributed by atoms with Crippen molar-refractivity contribution < 1.29 is 19.4 Å². The van der Waals surface area contributed by atoms with Crippen LogP contribution in [-0.4, -0.2) is 75.9 Å². The summed E-state index contributed by atoms with van der Waals surface area (Å²) < 4.78 is 12.9. The molecule has 0 aliphatic carbocycles. The Kier molecular flexibility index (Phi) is 5.89. The van der Waals surface area contributed by atoms with Crippen molar-refractivity contribution in [1.29, 1.82) is 0 Å². The molecule has 0 spiro atoms. The van der Waals surface area contributed by atoms with Crippen molar-refractivity contribution in [3.05, 3.63) is 42.2 Å². The minimum absolute atomic E-state index is 0.0279. The lowest BCUT2D eigenvalue weighted by molar-refractivity contribution is 0.0511. The molecule has 35 heavy (non-hydrogen) atoms. The summed E-state index contributed by atoms with van der Waals surface area (Å²) in [5.74, 6) is 0.687. The summed E-state index contributed by atoms with van der Waals surface area (Å²) in [7, 11) is 5.11. The van der Waals surface area contributed by atoms with Gasteiger partial charge in [0.15, 0.2) is 12.4 Å². The second-order valence-electron chi connectivity index (χ2n) is 8.89. The Bertz CT molecular complexity index is 1420. The van der Waals surface area contributed by atoms with Gasteiger partial charge in [0.1, 0.15) is 5.75 Å². The number of hydrogen-bond donors (Lipinski definition) is 1. The standard InChI is InChI=1S/C25H28N6O4/c1-15-22-17(12-29(2)28-22)10-20(23(15)35-14-34-4)21-6-5-16-9-19(11-26-24(16)27-21)31-8-7-18(13-31)30(3)25(32)33/h5-6,9-12,18H,7-8,13-14H2,1-4H3,(H,32,33)/t18-/m1/s1. The maximum absolute atomic E-state index is 11.3. The molecule has 1 aliphatic rings. The number of carbonyl (C=O) groups is 1. The topological polar surface area (TPSA) is 106 Å². The van der Waals surface area contributed by atoms with Gasteiger partial charge in [0, 0.05) is 62.4 Å². The van der Waals surface area contributed by atoms with Crippen molar-refractivity contribution in [1.82, 2.24) is 24.6 Å². The minimum atomic E-state index is -0.904. The number of nitrogens with zero attached hydrogens (tertiary/aromatic N) is 6. The molecule has 1 atom stereocenters. The zero-order valence-corrected chi connectivity index (χ0v) is 20.2. The van der Waals surface area contributed by atoms with Gasteiger partial charge in [0.25, 0.3) is 0 Å². The number of ether oxygens (including phenoxy) is 2. The Morgan fingerprint density at radius 3 is 2.89 bits per heavy atom. The smallest absolute Gasteiger partial charge is 0.407 e. The first kappa shape index (κ1) is 22.9. The molecule has 1 fully saturated rings. The van der Waals surface area contributed by atoms with E-state index in [4.69, 9.17) is 14.5 Å². The lowest BCUT2D eigenvalue weighted by Gasteiger charge is -2.23. The van der Waals surface area contributed by atoms with Crippen LogP contribution in [0.15, 0.2) is 36.7 Å². The zero-order chi connectivity index (χ0) is 24.7. The van der Waals surface area contributed by atoms with E-state index < -0.39 is 6.09 Å². The van der Waals surface area contributed by atoms with Crippen LogP contribution in [0, 0.1) is 6.92 Å². The lowest BCUT2D eigenvalue weighted by atomic mass is 10.0. The van der Waals surface area contributed by atoms with E-state index in [1.807, 2.05) is 38.4 Å². The number of carboxylic acid groups (broad SMARTS) is 1. The maximum Gasteiger partial charge on any atom is 0.407 e.